The summed E-state index contributed by atoms with van der Waals surface area (Å²) in [6, 6.07) is 0. The van der Waals surface area contributed by atoms with E-state index in [9.17, 15) is 0 Å². The molecular weight excluding hydrogens is 238 g/mol. The number of hydrogen-bond donors (Lipinski definition) is 1. The Morgan fingerprint density at radius 1 is 1.05 bits per heavy atom. The lowest BCUT2D eigenvalue weighted by Crippen LogP contribution is -2.45. The van der Waals surface area contributed by atoms with E-state index in [1.807, 2.05) is 0 Å². The molecule has 1 N–H and O–H groups in total. The molecule has 3 nitrogen and oxygen atoms in total. The first-order valence-electron chi connectivity index (χ1n) is 7.96. The maximum Gasteiger partial charge on any atom is 0.0807 e. The maximum absolute atomic E-state index is 6.23. The molecule has 0 aromatic rings. The highest BCUT2D eigenvalue weighted by molar-refractivity contribution is 4.86. The van der Waals surface area contributed by atoms with Crippen molar-refractivity contribution in [2.45, 2.75) is 77.4 Å². The molecule has 1 saturated carbocycles. The van der Waals surface area contributed by atoms with Crippen LogP contribution in [0.2, 0.25) is 0 Å². The summed E-state index contributed by atoms with van der Waals surface area (Å²) in [6.45, 7) is 12.0. The summed E-state index contributed by atoms with van der Waals surface area (Å²) in [5.74, 6) is 0. The Hall–Kier alpha value is -0.120. The number of rotatable bonds is 8. The molecule has 1 aliphatic rings. The van der Waals surface area contributed by atoms with Gasteiger partial charge in [0.05, 0.1) is 24.4 Å². The van der Waals surface area contributed by atoms with E-state index in [4.69, 9.17) is 9.47 Å². The Morgan fingerprint density at radius 3 is 2.32 bits per heavy atom. The van der Waals surface area contributed by atoms with E-state index >= 15 is 0 Å². The topological polar surface area (TPSA) is 30.5 Å². The molecular formula is C16H33NO2. The van der Waals surface area contributed by atoms with Crippen molar-refractivity contribution in [3.63, 3.8) is 0 Å². The third-order valence-corrected chi connectivity index (χ3v) is 3.67. The zero-order chi connectivity index (χ0) is 14.2. The third-order valence-electron chi connectivity index (χ3n) is 3.67. The summed E-state index contributed by atoms with van der Waals surface area (Å²) >= 11 is 0. The molecule has 0 aromatic heterocycles. The van der Waals surface area contributed by atoms with Gasteiger partial charge in [0.2, 0.25) is 0 Å². The number of ether oxygens (including phenoxy) is 2. The van der Waals surface area contributed by atoms with Crippen LogP contribution in [-0.2, 0) is 9.47 Å². The lowest BCUT2D eigenvalue weighted by atomic mass is 9.84. The normalized spacial score (nSPS) is 19.6. The van der Waals surface area contributed by atoms with E-state index in [1.54, 1.807) is 0 Å². The van der Waals surface area contributed by atoms with Crippen LogP contribution >= 0.6 is 0 Å². The van der Waals surface area contributed by atoms with Crippen LogP contribution in [0.15, 0.2) is 0 Å². The van der Waals surface area contributed by atoms with Crippen LogP contribution in [0.1, 0.15) is 66.2 Å². The molecule has 0 amide bonds. The Morgan fingerprint density at radius 2 is 1.74 bits per heavy atom. The van der Waals surface area contributed by atoms with Gasteiger partial charge in [-0.1, -0.05) is 26.2 Å². The lowest BCUT2D eigenvalue weighted by Gasteiger charge is -2.38. The van der Waals surface area contributed by atoms with Gasteiger partial charge in [0.25, 0.3) is 0 Å². The van der Waals surface area contributed by atoms with Gasteiger partial charge >= 0.3 is 0 Å². The molecule has 19 heavy (non-hydrogen) atoms. The van der Waals surface area contributed by atoms with Crippen molar-refractivity contribution >= 4 is 0 Å². The molecule has 0 saturated heterocycles. The quantitative estimate of drug-likeness (QED) is 0.685. The zero-order valence-electron chi connectivity index (χ0n) is 13.4. The highest BCUT2D eigenvalue weighted by Crippen LogP contribution is 2.31. The summed E-state index contributed by atoms with van der Waals surface area (Å²) in [7, 11) is 0. The van der Waals surface area contributed by atoms with Gasteiger partial charge in [0.1, 0.15) is 0 Å². The molecule has 0 atom stereocenters. The van der Waals surface area contributed by atoms with Crippen LogP contribution in [0.5, 0.6) is 0 Å². The highest BCUT2D eigenvalue weighted by Gasteiger charge is 2.32. The Kier molecular flexibility index (Phi) is 7.33. The smallest absolute Gasteiger partial charge is 0.0807 e. The fourth-order valence-corrected chi connectivity index (χ4v) is 2.67. The second kappa shape index (κ2) is 8.23. The van der Waals surface area contributed by atoms with Crippen LogP contribution in [0, 0.1) is 0 Å². The Balaban J connectivity index is 2.32. The van der Waals surface area contributed by atoms with Gasteiger partial charge in [0.15, 0.2) is 0 Å². The van der Waals surface area contributed by atoms with Gasteiger partial charge in [-0.25, -0.2) is 0 Å². The molecule has 1 rings (SSSR count). The molecule has 0 aliphatic heterocycles. The third kappa shape index (κ3) is 7.28. The molecule has 0 bridgehead atoms. The molecule has 0 radical (unpaired) electrons. The fourth-order valence-electron chi connectivity index (χ4n) is 2.67. The van der Waals surface area contributed by atoms with Crippen molar-refractivity contribution in [2.75, 3.05) is 26.3 Å². The first-order chi connectivity index (χ1) is 8.97. The monoisotopic (exact) mass is 271 g/mol. The summed E-state index contributed by atoms with van der Waals surface area (Å²) in [4.78, 5) is 0. The van der Waals surface area contributed by atoms with Crippen molar-refractivity contribution in [3.05, 3.63) is 0 Å². The van der Waals surface area contributed by atoms with Crippen molar-refractivity contribution in [1.29, 1.82) is 0 Å². The minimum Gasteiger partial charge on any atom is -0.373 e. The number of hydrogen-bond acceptors (Lipinski definition) is 3. The number of nitrogens with one attached hydrogen (secondary N) is 1. The molecule has 0 aromatic carbocycles. The predicted octanol–water partition coefficient (Wildman–Crippen LogP) is 3.52. The standard InChI is InChI=1S/C16H33NO2/c1-5-11-17-14-16(9-7-6-8-10-16)19-13-12-18-15(2,3)4/h17H,5-14H2,1-4H3. The van der Waals surface area contributed by atoms with Crippen LogP contribution in [0.4, 0.5) is 0 Å². The van der Waals surface area contributed by atoms with E-state index in [2.05, 4.69) is 33.0 Å². The minimum atomic E-state index is -0.0659. The van der Waals surface area contributed by atoms with E-state index in [1.165, 1.54) is 38.5 Å². The summed E-state index contributed by atoms with van der Waals surface area (Å²) in [6.07, 6.45) is 7.53. The van der Waals surface area contributed by atoms with Gasteiger partial charge in [-0.3, -0.25) is 0 Å². The first kappa shape index (κ1) is 16.9. The molecule has 0 spiro atoms. The fraction of sp³-hybridized carbons (Fsp3) is 1.00. The molecule has 0 heterocycles. The maximum atomic E-state index is 6.23. The van der Waals surface area contributed by atoms with Gasteiger partial charge in [-0.15, -0.1) is 0 Å². The minimum absolute atomic E-state index is 0.0642. The van der Waals surface area contributed by atoms with Crippen LogP contribution in [0.3, 0.4) is 0 Å². The molecule has 114 valence electrons. The van der Waals surface area contributed by atoms with E-state index in [0.29, 0.717) is 13.2 Å². The van der Waals surface area contributed by atoms with Gasteiger partial charge in [-0.05, 0) is 46.6 Å². The summed E-state index contributed by atoms with van der Waals surface area (Å²) in [5, 5.41) is 3.54. The van der Waals surface area contributed by atoms with E-state index in [-0.39, 0.29) is 11.2 Å². The average molecular weight is 271 g/mol. The van der Waals surface area contributed by atoms with Crippen LogP contribution in [-0.4, -0.2) is 37.5 Å². The van der Waals surface area contributed by atoms with E-state index < -0.39 is 0 Å². The SMILES string of the molecule is CCCNCC1(OCCOC(C)(C)C)CCCCC1. The second-order valence-electron chi connectivity index (χ2n) is 6.73. The Labute approximate surface area is 119 Å². The van der Waals surface area contributed by atoms with Gasteiger partial charge in [-0.2, -0.15) is 0 Å². The highest BCUT2D eigenvalue weighted by atomic mass is 16.5. The summed E-state index contributed by atoms with van der Waals surface area (Å²) < 4.78 is 12.0. The molecule has 1 aliphatic carbocycles. The van der Waals surface area contributed by atoms with Crippen molar-refractivity contribution in [3.8, 4) is 0 Å². The predicted molar refractivity (Wildman–Crippen MR) is 80.6 cm³/mol. The first-order valence-corrected chi connectivity index (χ1v) is 7.96. The largest absolute Gasteiger partial charge is 0.373 e. The van der Waals surface area contributed by atoms with Gasteiger partial charge in [0, 0.05) is 6.54 Å². The average Bonchev–Trinajstić information content (AvgIpc) is 2.35. The van der Waals surface area contributed by atoms with Gasteiger partial charge < -0.3 is 14.8 Å². The lowest BCUT2D eigenvalue weighted by molar-refractivity contribution is -0.105. The van der Waals surface area contributed by atoms with Crippen LogP contribution < -0.4 is 5.32 Å². The molecule has 3 heteroatoms. The second-order valence-corrected chi connectivity index (χ2v) is 6.73. The Bertz CT molecular complexity index is 229. The molecule has 1 fully saturated rings. The van der Waals surface area contributed by atoms with E-state index in [0.717, 1.165) is 13.1 Å². The van der Waals surface area contributed by atoms with Crippen molar-refractivity contribution < 1.29 is 9.47 Å². The van der Waals surface area contributed by atoms with Crippen molar-refractivity contribution in [1.82, 2.24) is 5.32 Å². The van der Waals surface area contributed by atoms with Crippen LogP contribution in [0.25, 0.3) is 0 Å². The molecule has 0 unspecified atom stereocenters. The summed E-state index contributed by atoms with van der Waals surface area (Å²) in [5.41, 5.74) is -0.00177. The zero-order valence-corrected chi connectivity index (χ0v) is 13.4. The van der Waals surface area contributed by atoms with Crippen molar-refractivity contribution in [2.24, 2.45) is 0 Å².